The maximum Gasteiger partial charge on any atom is 0.174 e. The predicted molar refractivity (Wildman–Crippen MR) is 72.1 cm³/mol. The number of aryl methyl sites for hydroxylation is 1. The molecular weight excluding hydrogens is 224 g/mol. The van der Waals surface area contributed by atoms with Gasteiger partial charge in [0.1, 0.15) is 5.52 Å². The highest BCUT2D eigenvalue weighted by Gasteiger charge is 2.10. The van der Waals surface area contributed by atoms with Crippen LogP contribution in [0.2, 0.25) is 0 Å². The van der Waals surface area contributed by atoms with E-state index >= 15 is 0 Å². The second kappa shape index (κ2) is 4.27. The lowest BCUT2D eigenvalue weighted by atomic mass is 10.0. The Bertz CT molecular complexity index is 701. The molecule has 3 heteroatoms. The van der Waals surface area contributed by atoms with E-state index in [2.05, 4.69) is 11.2 Å². The van der Waals surface area contributed by atoms with Crippen LogP contribution in [0.5, 0.6) is 0 Å². The van der Waals surface area contributed by atoms with E-state index in [1.54, 1.807) is 0 Å². The summed E-state index contributed by atoms with van der Waals surface area (Å²) in [5.74, 6) is 0.806. The van der Waals surface area contributed by atoms with Crippen LogP contribution in [0.15, 0.2) is 47.0 Å². The SMILES string of the molecule is Cc1ccc2c(-c3cccc(CN)c3)onc2c1. The summed E-state index contributed by atoms with van der Waals surface area (Å²) in [4.78, 5) is 0. The highest BCUT2D eigenvalue weighted by Crippen LogP contribution is 2.29. The van der Waals surface area contributed by atoms with Crippen LogP contribution < -0.4 is 5.73 Å². The summed E-state index contributed by atoms with van der Waals surface area (Å²) in [5.41, 5.74) is 9.83. The summed E-state index contributed by atoms with van der Waals surface area (Å²) >= 11 is 0. The molecule has 0 aliphatic heterocycles. The van der Waals surface area contributed by atoms with Gasteiger partial charge in [-0.2, -0.15) is 0 Å². The van der Waals surface area contributed by atoms with Crippen molar-refractivity contribution in [3.63, 3.8) is 0 Å². The first-order chi connectivity index (χ1) is 8.78. The molecule has 90 valence electrons. The molecule has 0 radical (unpaired) electrons. The van der Waals surface area contributed by atoms with Gasteiger partial charge in [-0.05, 0) is 36.2 Å². The molecule has 3 rings (SSSR count). The van der Waals surface area contributed by atoms with Gasteiger partial charge in [0.25, 0.3) is 0 Å². The van der Waals surface area contributed by atoms with E-state index in [9.17, 15) is 0 Å². The van der Waals surface area contributed by atoms with Gasteiger partial charge in [0, 0.05) is 17.5 Å². The molecule has 0 aliphatic carbocycles. The molecule has 18 heavy (non-hydrogen) atoms. The number of hydrogen-bond donors (Lipinski definition) is 1. The lowest BCUT2D eigenvalue weighted by molar-refractivity contribution is 0.441. The van der Waals surface area contributed by atoms with E-state index in [-0.39, 0.29) is 0 Å². The fourth-order valence-corrected chi connectivity index (χ4v) is 2.10. The minimum absolute atomic E-state index is 0.527. The largest absolute Gasteiger partial charge is 0.355 e. The van der Waals surface area contributed by atoms with Crippen molar-refractivity contribution in [2.45, 2.75) is 13.5 Å². The zero-order valence-electron chi connectivity index (χ0n) is 10.2. The quantitative estimate of drug-likeness (QED) is 0.745. The first-order valence-corrected chi connectivity index (χ1v) is 5.93. The third-order valence-electron chi connectivity index (χ3n) is 3.06. The first-order valence-electron chi connectivity index (χ1n) is 5.93. The van der Waals surface area contributed by atoms with E-state index in [0.717, 1.165) is 27.8 Å². The third kappa shape index (κ3) is 1.79. The molecule has 0 bridgehead atoms. The lowest BCUT2D eigenvalue weighted by Crippen LogP contribution is -1.95. The van der Waals surface area contributed by atoms with Crippen LogP contribution in [0.25, 0.3) is 22.2 Å². The fraction of sp³-hybridized carbons (Fsp3) is 0.133. The molecule has 0 amide bonds. The van der Waals surface area contributed by atoms with Crippen LogP contribution in [0.3, 0.4) is 0 Å². The second-order valence-corrected chi connectivity index (χ2v) is 4.44. The Morgan fingerprint density at radius 2 is 2.06 bits per heavy atom. The van der Waals surface area contributed by atoms with Crippen molar-refractivity contribution in [2.75, 3.05) is 0 Å². The van der Waals surface area contributed by atoms with E-state index in [4.69, 9.17) is 10.3 Å². The molecule has 3 nitrogen and oxygen atoms in total. The molecule has 1 aromatic heterocycles. The van der Waals surface area contributed by atoms with Gasteiger partial charge < -0.3 is 10.3 Å². The number of hydrogen-bond acceptors (Lipinski definition) is 3. The standard InChI is InChI=1S/C15H14N2O/c1-10-5-6-13-14(7-10)17-18-15(13)12-4-2-3-11(8-12)9-16/h2-8H,9,16H2,1H3. The first kappa shape index (κ1) is 11.0. The van der Waals surface area contributed by atoms with Crippen molar-refractivity contribution < 1.29 is 4.52 Å². The van der Waals surface area contributed by atoms with Crippen molar-refractivity contribution in [3.05, 3.63) is 53.6 Å². The average molecular weight is 238 g/mol. The molecule has 0 spiro atoms. The summed E-state index contributed by atoms with van der Waals surface area (Å²) in [5, 5.41) is 5.14. The van der Waals surface area contributed by atoms with Gasteiger partial charge in [-0.15, -0.1) is 0 Å². The number of rotatable bonds is 2. The maximum atomic E-state index is 5.66. The second-order valence-electron chi connectivity index (χ2n) is 4.44. The molecule has 2 aromatic carbocycles. The van der Waals surface area contributed by atoms with Crippen molar-refractivity contribution in [3.8, 4) is 11.3 Å². The molecule has 0 unspecified atom stereocenters. The molecule has 0 aliphatic rings. The zero-order chi connectivity index (χ0) is 12.5. The highest BCUT2D eigenvalue weighted by atomic mass is 16.5. The summed E-state index contributed by atoms with van der Waals surface area (Å²) < 4.78 is 5.46. The lowest BCUT2D eigenvalue weighted by Gasteiger charge is -2.00. The Morgan fingerprint density at radius 3 is 2.89 bits per heavy atom. The van der Waals surface area contributed by atoms with E-state index in [1.807, 2.05) is 43.3 Å². The van der Waals surface area contributed by atoms with E-state index < -0.39 is 0 Å². The van der Waals surface area contributed by atoms with Gasteiger partial charge in [0.2, 0.25) is 0 Å². The van der Waals surface area contributed by atoms with Gasteiger partial charge in [-0.25, -0.2) is 0 Å². The van der Waals surface area contributed by atoms with Gasteiger partial charge in [0.05, 0.1) is 0 Å². The monoisotopic (exact) mass is 238 g/mol. The molecular formula is C15H14N2O. The van der Waals surface area contributed by atoms with Crippen molar-refractivity contribution in [1.82, 2.24) is 5.16 Å². The van der Waals surface area contributed by atoms with Crippen LogP contribution in [0, 0.1) is 6.92 Å². The highest BCUT2D eigenvalue weighted by molar-refractivity contribution is 5.91. The molecule has 0 saturated heterocycles. The fourth-order valence-electron chi connectivity index (χ4n) is 2.10. The molecule has 2 N–H and O–H groups in total. The van der Waals surface area contributed by atoms with Gasteiger partial charge in [0.15, 0.2) is 5.76 Å². The Morgan fingerprint density at radius 1 is 1.17 bits per heavy atom. The van der Waals surface area contributed by atoms with Gasteiger partial charge >= 0.3 is 0 Å². The molecule has 1 heterocycles. The van der Waals surface area contributed by atoms with E-state index in [0.29, 0.717) is 6.54 Å². The molecule has 0 saturated carbocycles. The molecule has 3 aromatic rings. The number of nitrogens with zero attached hydrogens (tertiary/aromatic N) is 1. The third-order valence-corrected chi connectivity index (χ3v) is 3.06. The molecule has 0 fully saturated rings. The Labute approximate surface area is 105 Å². The van der Waals surface area contributed by atoms with Crippen LogP contribution in [0.4, 0.5) is 0 Å². The van der Waals surface area contributed by atoms with Crippen molar-refractivity contribution in [1.29, 1.82) is 0 Å². The van der Waals surface area contributed by atoms with E-state index in [1.165, 1.54) is 5.56 Å². The van der Waals surface area contributed by atoms with Crippen molar-refractivity contribution >= 4 is 10.9 Å². The minimum atomic E-state index is 0.527. The Balaban J connectivity index is 2.19. The van der Waals surface area contributed by atoms with Gasteiger partial charge in [-0.1, -0.05) is 29.4 Å². The summed E-state index contributed by atoms with van der Waals surface area (Å²) in [6, 6.07) is 14.2. The summed E-state index contributed by atoms with van der Waals surface area (Å²) in [6.45, 7) is 2.57. The summed E-state index contributed by atoms with van der Waals surface area (Å²) in [6.07, 6.45) is 0. The zero-order valence-corrected chi connectivity index (χ0v) is 10.2. The smallest absolute Gasteiger partial charge is 0.174 e. The number of benzene rings is 2. The average Bonchev–Trinajstić information content (AvgIpc) is 2.81. The number of aromatic nitrogens is 1. The van der Waals surface area contributed by atoms with Crippen LogP contribution in [-0.2, 0) is 6.54 Å². The minimum Gasteiger partial charge on any atom is -0.355 e. The topological polar surface area (TPSA) is 52.0 Å². The number of fused-ring (bicyclic) bond motifs is 1. The van der Waals surface area contributed by atoms with Gasteiger partial charge in [-0.3, -0.25) is 0 Å². The maximum absolute atomic E-state index is 5.66. The normalized spacial score (nSPS) is 11.0. The predicted octanol–water partition coefficient (Wildman–Crippen LogP) is 3.26. The summed E-state index contributed by atoms with van der Waals surface area (Å²) in [7, 11) is 0. The molecule has 0 atom stereocenters. The van der Waals surface area contributed by atoms with Crippen LogP contribution in [0.1, 0.15) is 11.1 Å². The Hall–Kier alpha value is -2.13. The van der Waals surface area contributed by atoms with Crippen LogP contribution in [-0.4, -0.2) is 5.16 Å². The van der Waals surface area contributed by atoms with Crippen LogP contribution >= 0.6 is 0 Å². The van der Waals surface area contributed by atoms with Crippen molar-refractivity contribution in [2.24, 2.45) is 5.73 Å². The number of nitrogens with two attached hydrogens (primary N) is 1. The Kier molecular flexibility index (Phi) is 2.61.